The largest absolute Gasteiger partial charge is 0.370 e. The summed E-state index contributed by atoms with van der Waals surface area (Å²) in [7, 11) is 0. The average molecular weight is 476 g/mol. The highest BCUT2D eigenvalue weighted by Gasteiger charge is 2.19. The van der Waals surface area contributed by atoms with Gasteiger partial charge in [-0.15, -0.1) is 35.3 Å². The first-order valence-electron chi connectivity index (χ1n) is 7.71. The van der Waals surface area contributed by atoms with E-state index in [0.29, 0.717) is 24.7 Å². The lowest BCUT2D eigenvalue weighted by molar-refractivity contribution is 0.0950. The van der Waals surface area contributed by atoms with E-state index in [1.165, 1.54) is 6.20 Å². The van der Waals surface area contributed by atoms with Gasteiger partial charge in [0, 0.05) is 50.5 Å². The van der Waals surface area contributed by atoms with Crippen LogP contribution in [0.5, 0.6) is 0 Å². The highest BCUT2D eigenvalue weighted by molar-refractivity contribution is 14.0. The Morgan fingerprint density at radius 1 is 1.36 bits per heavy atom. The average Bonchev–Trinajstić information content (AvgIpc) is 3.32. The molecule has 136 valence electrons. The Kier molecular flexibility index (Phi) is 7.43. The van der Waals surface area contributed by atoms with Crippen molar-refractivity contribution in [2.75, 3.05) is 44.2 Å². The van der Waals surface area contributed by atoms with Gasteiger partial charge in [-0.1, -0.05) is 0 Å². The number of nitrogens with zero attached hydrogens (tertiary/aromatic N) is 5. The monoisotopic (exact) mass is 476 g/mol. The Morgan fingerprint density at radius 3 is 2.80 bits per heavy atom. The van der Waals surface area contributed by atoms with Crippen molar-refractivity contribution in [2.24, 2.45) is 10.7 Å². The summed E-state index contributed by atoms with van der Waals surface area (Å²) in [4.78, 5) is 24.7. The Morgan fingerprint density at radius 2 is 2.16 bits per heavy atom. The number of carbonyl (C=O) groups excluding carboxylic acids is 1. The van der Waals surface area contributed by atoms with E-state index in [-0.39, 0.29) is 29.9 Å². The molecule has 1 fully saturated rings. The summed E-state index contributed by atoms with van der Waals surface area (Å²) >= 11 is 1.65. The fraction of sp³-hybridized carbons (Fsp3) is 0.429. The number of aromatic nitrogens is 3. The molecule has 11 heteroatoms. The third-order valence-electron chi connectivity index (χ3n) is 3.71. The zero-order valence-corrected chi connectivity index (χ0v) is 16.7. The number of halogens is 1. The topological polar surface area (TPSA) is 116 Å². The molecule has 1 aliphatic heterocycles. The van der Waals surface area contributed by atoms with Crippen LogP contribution in [-0.4, -0.2) is 71.2 Å². The Labute approximate surface area is 166 Å². The zero-order valence-electron chi connectivity index (χ0n) is 13.6. The van der Waals surface area contributed by atoms with Gasteiger partial charge in [-0.3, -0.25) is 14.9 Å². The quantitative estimate of drug-likeness (QED) is 0.248. The van der Waals surface area contributed by atoms with Crippen LogP contribution in [0, 0.1) is 0 Å². The van der Waals surface area contributed by atoms with Gasteiger partial charge in [-0.2, -0.15) is 5.10 Å². The maximum Gasteiger partial charge on any atom is 0.269 e. The molecular weight excluding hydrogens is 455 g/mol. The summed E-state index contributed by atoms with van der Waals surface area (Å²) in [6, 6.07) is 1.62. The predicted octanol–water partition coefficient (Wildman–Crippen LogP) is 0.351. The standard InChI is InChI=1S/C14H20N8OS.HI/c15-13(17-4-3-16-12(23)11-1-2-19-20-11)21-6-8-22(9-7-21)14-18-5-10-24-14;/h1-2,5,10H,3-4,6-9H2,(H2,15,17)(H,16,23)(H,19,20);1H. The van der Waals surface area contributed by atoms with Crippen molar-refractivity contribution < 1.29 is 4.79 Å². The molecule has 0 bridgehead atoms. The van der Waals surface area contributed by atoms with Crippen molar-refractivity contribution in [3.8, 4) is 0 Å². The second-order valence-electron chi connectivity index (χ2n) is 5.25. The van der Waals surface area contributed by atoms with Gasteiger partial charge in [0.15, 0.2) is 11.1 Å². The molecule has 1 amide bonds. The number of hydrogen-bond donors (Lipinski definition) is 3. The number of amides is 1. The number of rotatable bonds is 5. The molecule has 4 N–H and O–H groups in total. The van der Waals surface area contributed by atoms with E-state index in [0.717, 1.165) is 31.3 Å². The molecule has 0 spiro atoms. The Hall–Kier alpha value is -1.89. The summed E-state index contributed by atoms with van der Waals surface area (Å²) in [5.41, 5.74) is 6.47. The fourth-order valence-corrected chi connectivity index (χ4v) is 3.11. The minimum absolute atomic E-state index is 0. The maximum atomic E-state index is 11.7. The number of H-pyrrole nitrogens is 1. The van der Waals surface area contributed by atoms with Crippen LogP contribution in [0.1, 0.15) is 10.5 Å². The molecule has 3 rings (SSSR count). The molecular formula is C14H21IN8OS. The number of nitrogens with one attached hydrogen (secondary N) is 2. The van der Waals surface area contributed by atoms with Gasteiger partial charge in [-0.25, -0.2) is 4.98 Å². The van der Waals surface area contributed by atoms with Crippen LogP contribution in [0.2, 0.25) is 0 Å². The number of hydrogen-bond acceptors (Lipinski definition) is 6. The number of piperazine rings is 1. The highest BCUT2D eigenvalue weighted by Crippen LogP contribution is 2.18. The highest BCUT2D eigenvalue weighted by atomic mass is 127. The zero-order chi connectivity index (χ0) is 16.8. The van der Waals surface area contributed by atoms with Crippen LogP contribution in [0.25, 0.3) is 0 Å². The SMILES string of the molecule is I.NC(=NCCNC(=O)c1ccn[nH]1)N1CCN(c2nccs2)CC1. The van der Waals surface area contributed by atoms with Gasteiger partial charge in [0.25, 0.3) is 5.91 Å². The fourth-order valence-electron chi connectivity index (χ4n) is 2.42. The third-order valence-corrected chi connectivity index (χ3v) is 4.54. The van der Waals surface area contributed by atoms with Crippen molar-refractivity contribution in [3.63, 3.8) is 0 Å². The number of nitrogens with two attached hydrogens (primary N) is 1. The van der Waals surface area contributed by atoms with Gasteiger partial charge in [-0.05, 0) is 6.07 Å². The number of carbonyl (C=O) groups is 1. The van der Waals surface area contributed by atoms with Gasteiger partial charge >= 0.3 is 0 Å². The van der Waals surface area contributed by atoms with Crippen LogP contribution < -0.4 is 16.0 Å². The number of guanidine groups is 1. The molecule has 1 saturated heterocycles. The molecule has 0 radical (unpaired) electrons. The van der Waals surface area contributed by atoms with E-state index in [4.69, 9.17) is 5.73 Å². The lowest BCUT2D eigenvalue weighted by Crippen LogP contribution is -2.51. The molecule has 25 heavy (non-hydrogen) atoms. The first kappa shape index (κ1) is 19.4. The molecule has 0 aromatic carbocycles. The van der Waals surface area contributed by atoms with Gasteiger partial charge in [0.2, 0.25) is 0 Å². The molecule has 2 aromatic heterocycles. The van der Waals surface area contributed by atoms with Crippen molar-refractivity contribution in [2.45, 2.75) is 0 Å². The third kappa shape index (κ3) is 5.29. The van der Waals surface area contributed by atoms with Gasteiger partial charge < -0.3 is 20.9 Å². The van der Waals surface area contributed by atoms with E-state index in [2.05, 4.69) is 35.3 Å². The van der Waals surface area contributed by atoms with E-state index < -0.39 is 0 Å². The van der Waals surface area contributed by atoms with Crippen LogP contribution in [0.15, 0.2) is 28.8 Å². The number of aromatic amines is 1. The van der Waals surface area contributed by atoms with Crippen LogP contribution >= 0.6 is 35.3 Å². The molecule has 2 aromatic rings. The van der Waals surface area contributed by atoms with Gasteiger partial charge in [0.05, 0.1) is 6.54 Å². The summed E-state index contributed by atoms with van der Waals surface area (Å²) in [5.74, 6) is 0.322. The van der Waals surface area contributed by atoms with E-state index in [1.807, 2.05) is 11.6 Å². The molecule has 0 saturated carbocycles. The van der Waals surface area contributed by atoms with E-state index in [9.17, 15) is 4.79 Å². The molecule has 9 nitrogen and oxygen atoms in total. The lowest BCUT2D eigenvalue weighted by atomic mass is 10.3. The van der Waals surface area contributed by atoms with Crippen molar-refractivity contribution in [1.82, 2.24) is 25.4 Å². The molecule has 3 heterocycles. The minimum atomic E-state index is -0.196. The number of anilines is 1. The van der Waals surface area contributed by atoms with Crippen LogP contribution in [-0.2, 0) is 0 Å². The second kappa shape index (κ2) is 9.56. The summed E-state index contributed by atoms with van der Waals surface area (Å²) in [5, 5.41) is 12.1. The second-order valence-corrected chi connectivity index (χ2v) is 6.13. The van der Waals surface area contributed by atoms with E-state index >= 15 is 0 Å². The Bertz CT molecular complexity index is 667. The molecule has 0 aliphatic carbocycles. The molecule has 1 aliphatic rings. The van der Waals surface area contributed by atoms with Crippen molar-refractivity contribution in [1.29, 1.82) is 0 Å². The summed E-state index contributed by atoms with van der Waals surface area (Å²) in [6.07, 6.45) is 3.36. The number of aliphatic imine (C=N–C) groups is 1. The predicted molar refractivity (Wildman–Crippen MR) is 109 cm³/mol. The lowest BCUT2D eigenvalue weighted by Gasteiger charge is -2.35. The summed E-state index contributed by atoms with van der Waals surface area (Å²) in [6.45, 7) is 4.25. The smallest absolute Gasteiger partial charge is 0.269 e. The van der Waals surface area contributed by atoms with Crippen LogP contribution in [0.4, 0.5) is 5.13 Å². The Balaban J connectivity index is 0.00000225. The van der Waals surface area contributed by atoms with E-state index in [1.54, 1.807) is 17.4 Å². The van der Waals surface area contributed by atoms with Gasteiger partial charge in [0.1, 0.15) is 5.69 Å². The number of thiazole rings is 1. The van der Waals surface area contributed by atoms with Crippen LogP contribution in [0.3, 0.4) is 0 Å². The van der Waals surface area contributed by atoms with Crippen molar-refractivity contribution in [3.05, 3.63) is 29.5 Å². The van der Waals surface area contributed by atoms with Crippen molar-refractivity contribution >= 4 is 52.3 Å². The summed E-state index contributed by atoms with van der Waals surface area (Å²) < 4.78 is 0. The first-order valence-corrected chi connectivity index (χ1v) is 8.59. The molecule has 0 atom stereocenters. The maximum absolute atomic E-state index is 11.7. The molecule has 0 unspecified atom stereocenters. The normalized spacial score (nSPS) is 15.0. The minimum Gasteiger partial charge on any atom is -0.370 e. The first-order chi connectivity index (χ1) is 11.7.